The van der Waals surface area contributed by atoms with E-state index >= 15 is 0 Å². The Morgan fingerprint density at radius 3 is 2.15 bits per heavy atom. The topological polar surface area (TPSA) is 29.3 Å². The third kappa shape index (κ3) is 4.11. The average molecular weight is 276 g/mol. The van der Waals surface area contributed by atoms with E-state index in [1.807, 2.05) is 36.2 Å². The van der Waals surface area contributed by atoms with E-state index in [2.05, 4.69) is 0 Å². The Hall–Kier alpha value is -1.78. The molecule has 2 rings (SSSR count). The van der Waals surface area contributed by atoms with Crippen LogP contribution in [0.3, 0.4) is 0 Å². The molecule has 2 aromatic carbocycles. The molecule has 2 nitrogen and oxygen atoms in total. The molecule has 20 heavy (non-hydrogen) atoms. The van der Waals surface area contributed by atoms with E-state index in [-0.39, 0.29) is 0 Å². The smallest absolute Gasteiger partial charge is 0.126 e. The summed E-state index contributed by atoms with van der Waals surface area (Å²) in [5.41, 5.74) is 8.44. The lowest BCUT2D eigenvalue weighted by Crippen LogP contribution is -2.17. The minimum atomic E-state index is -0.543. The molecule has 0 heterocycles. The first-order valence-corrected chi connectivity index (χ1v) is 6.48. The second kappa shape index (κ2) is 6.59. The third-order valence-electron chi connectivity index (χ3n) is 3.05. The first kappa shape index (κ1) is 14.6. The molecule has 0 aliphatic heterocycles. The van der Waals surface area contributed by atoms with Gasteiger partial charge in [-0.25, -0.2) is 8.78 Å². The van der Waals surface area contributed by atoms with Crippen molar-refractivity contribution in [3.05, 3.63) is 70.8 Å². The van der Waals surface area contributed by atoms with Crippen LogP contribution in [0.4, 0.5) is 8.78 Å². The van der Waals surface area contributed by atoms with Crippen LogP contribution in [0, 0.1) is 11.6 Å². The van der Waals surface area contributed by atoms with Crippen LogP contribution in [-0.2, 0) is 19.6 Å². The fraction of sp³-hybridized carbons (Fsp3) is 0.250. The van der Waals surface area contributed by atoms with Crippen LogP contribution in [0.1, 0.15) is 16.7 Å². The molecule has 0 atom stereocenters. The minimum absolute atomic E-state index is 0.488. The zero-order valence-corrected chi connectivity index (χ0v) is 11.4. The predicted molar refractivity (Wildman–Crippen MR) is 75.9 cm³/mol. The van der Waals surface area contributed by atoms with Crippen LogP contribution >= 0.6 is 0 Å². The molecule has 106 valence electrons. The number of hydrogen-bond acceptors (Lipinski definition) is 2. The standard InChI is InChI=1S/C16H18F2N2/c1-20(10-13-4-2-3-12(5-13)9-19)11-14-6-15(17)8-16(18)7-14/h2-8H,9-11,19H2,1H3. The van der Waals surface area contributed by atoms with Gasteiger partial charge >= 0.3 is 0 Å². The van der Waals surface area contributed by atoms with Crippen molar-refractivity contribution in [3.63, 3.8) is 0 Å². The fourth-order valence-corrected chi connectivity index (χ4v) is 2.24. The van der Waals surface area contributed by atoms with Gasteiger partial charge in [-0.2, -0.15) is 0 Å². The van der Waals surface area contributed by atoms with Crippen LogP contribution < -0.4 is 5.73 Å². The van der Waals surface area contributed by atoms with Gasteiger partial charge in [0.05, 0.1) is 0 Å². The SMILES string of the molecule is CN(Cc1cc(F)cc(F)c1)Cc1cccc(CN)c1. The molecular weight excluding hydrogens is 258 g/mol. The van der Waals surface area contributed by atoms with Gasteiger partial charge in [-0.05, 0) is 35.9 Å². The Labute approximate surface area is 117 Å². The van der Waals surface area contributed by atoms with Crippen molar-refractivity contribution in [2.75, 3.05) is 7.05 Å². The average Bonchev–Trinajstić information content (AvgIpc) is 2.37. The Balaban J connectivity index is 2.02. The van der Waals surface area contributed by atoms with Gasteiger partial charge in [-0.3, -0.25) is 4.90 Å². The van der Waals surface area contributed by atoms with Crippen molar-refractivity contribution in [3.8, 4) is 0 Å². The maximum Gasteiger partial charge on any atom is 0.126 e. The molecule has 0 amide bonds. The highest BCUT2D eigenvalue weighted by Gasteiger charge is 2.05. The molecule has 2 N–H and O–H groups in total. The lowest BCUT2D eigenvalue weighted by Gasteiger charge is -2.17. The Bertz CT molecular complexity index is 564. The summed E-state index contributed by atoms with van der Waals surface area (Å²) in [6.07, 6.45) is 0. The lowest BCUT2D eigenvalue weighted by atomic mass is 10.1. The Morgan fingerprint density at radius 2 is 1.50 bits per heavy atom. The van der Waals surface area contributed by atoms with Crippen LogP contribution in [-0.4, -0.2) is 11.9 Å². The Kier molecular flexibility index (Phi) is 4.82. The summed E-state index contributed by atoms with van der Waals surface area (Å²) in [6.45, 7) is 1.69. The molecule has 2 aromatic rings. The highest BCUT2D eigenvalue weighted by atomic mass is 19.1. The molecule has 0 fully saturated rings. The van der Waals surface area contributed by atoms with Gasteiger partial charge in [0, 0.05) is 25.7 Å². The lowest BCUT2D eigenvalue weighted by molar-refractivity contribution is 0.318. The molecule has 4 heteroatoms. The highest BCUT2D eigenvalue weighted by Crippen LogP contribution is 2.12. The molecular formula is C16H18F2N2. The molecule has 0 bridgehead atoms. The number of hydrogen-bond donors (Lipinski definition) is 1. The van der Waals surface area contributed by atoms with E-state index in [1.54, 1.807) is 0 Å². The van der Waals surface area contributed by atoms with Gasteiger partial charge in [0.15, 0.2) is 0 Å². The molecule has 0 aliphatic carbocycles. The van der Waals surface area contributed by atoms with Crippen molar-refractivity contribution in [1.29, 1.82) is 0 Å². The largest absolute Gasteiger partial charge is 0.326 e. The van der Waals surface area contributed by atoms with Gasteiger partial charge in [-0.1, -0.05) is 24.3 Å². The van der Waals surface area contributed by atoms with Gasteiger partial charge in [0.2, 0.25) is 0 Å². The van der Waals surface area contributed by atoms with Crippen molar-refractivity contribution in [2.45, 2.75) is 19.6 Å². The van der Waals surface area contributed by atoms with E-state index < -0.39 is 11.6 Å². The number of nitrogens with two attached hydrogens (primary N) is 1. The molecule has 0 aromatic heterocycles. The summed E-state index contributed by atoms with van der Waals surface area (Å²) >= 11 is 0. The first-order chi connectivity index (χ1) is 9.56. The van der Waals surface area contributed by atoms with E-state index in [0.717, 1.165) is 17.2 Å². The van der Waals surface area contributed by atoms with Gasteiger partial charge in [0.1, 0.15) is 11.6 Å². The van der Waals surface area contributed by atoms with Crippen molar-refractivity contribution in [2.24, 2.45) is 5.73 Å². The van der Waals surface area contributed by atoms with E-state index in [4.69, 9.17) is 5.73 Å². The number of rotatable bonds is 5. The summed E-state index contributed by atoms with van der Waals surface area (Å²) in [6, 6.07) is 11.6. The summed E-state index contributed by atoms with van der Waals surface area (Å²) in [7, 11) is 1.91. The number of nitrogens with zero attached hydrogens (tertiary/aromatic N) is 1. The predicted octanol–water partition coefficient (Wildman–Crippen LogP) is 3.06. The first-order valence-electron chi connectivity index (χ1n) is 6.48. The molecule has 0 saturated carbocycles. The van der Waals surface area contributed by atoms with E-state index in [1.165, 1.54) is 12.1 Å². The second-order valence-electron chi connectivity index (χ2n) is 4.97. The fourth-order valence-electron chi connectivity index (χ4n) is 2.24. The van der Waals surface area contributed by atoms with Gasteiger partial charge < -0.3 is 5.73 Å². The zero-order chi connectivity index (χ0) is 14.5. The minimum Gasteiger partial charge on any atom is -0.326 e. The summed E-state index contributed by atoms with van der Waals surface area (Å²) < 4.78 is 26.3. The molecule has 0 aliphatic rings. The van der Waals surface area contributed by atoms with E-state index in [9.17, 15) is 8.78 Å². The summed E-state index contributed by atoms with van der Waals surface area (Å²) in [5.74, 6) is -1.09. The van der Waals surface area contributed by atoms with Crippen LogP contribution in [0.15, 0.2) is 42.5 Å². The molecule has 0 spiro atoms. The van der Waals surface area contributed by atoms with Crippen molar-refractivity contribution < 1.29 is 8.78 Å². The maximum atomic E-state index is 13.1. The van der Waals surface area contributed by atoms with Gasteiger partial charge in [0.25, 0.3) is 0 Å². The second-order valence-corrected chi connectivity index (χ2v) is 4.97. The quantitative estimate of drug-likeness (QED) is 0.909. The van der Waals surface area contributed by atoms with Crippen molar-refractivity contribution in [1.82, 2.24) is 4.90 Å². The van der Waals surface area contributed by atoms with Crippen LogP contribution in [0.25, 0.3) is 0 Å². The van der Waals surface area contributed by atoms with Gasteiger partial charge in [-0.15, -0.1) is 0 Å². The highest BCUT2D eigenvalue weighted by molar-refractivity contribution is 5.23. The molecule has 0 saturated heterocycles. The Morgan fingerprint density at radius 1 is 0.900 bits per heavy atom. The van der Waals surface area contributed by atoms with Crippen LogP contribution in [0.5, 0.6) is 0 Å². The normalized spacial score (nSPS) is 11.1. The monoisotopic (exact) mass is 276 g/mol. The van der Waals surface area contributed by atoms with Crippen LogP contribution in [0.2, 0.25) is 0 Å². The summed E-state index contributed by atoms with van der Waals surface area (Å²) in [4.78, 5) is 2.00. The third-order valence-corrected chi connectivity index (χ3v) is 3.05. The van der Waals surface area contributed by atoms with Crippen molar-refractivity contribution >= 4 is 0 Å². The van der Waals surface area contributed by atoms with E-state index in [0.29, 0.717) is 25.2 Å². The zero-order valence-electron chi connectivity index (χ0n) is 11.4. The maximum absolute atomic E-state index is 13.1. The molecule has 0 unspecified atom stereocenters. The molecule has 0 radical (unpaired) electrons. The summed E-state index contributed by atoms with van der Waals surface area (Å²) in [5, 5.41) is 0. The number of halogens is 2. The number of benzene rings is 2.